The van der Waals surface area contributed by atoms with Gasteiger partial charge in [-0.1, -0.05) is 38.5 Å². The van der Waals surface area contributed by atoms with Crippen LogP contribution in [0.4, 0.5) is 0 Å². The van der Waals surface area contributed by atoms with Crippen LogP contribution in [0.1, 0.15) is 32.8 Å². The van der Waals surface area contributed by atoms with E-state index >= 15 is 0 Å². The molecule has 1 fully saturated rings. The smallest absolute Gasteiger partial charge is 0.324 e. The Kier molecular flexibility index (Phi) is 6.26. The van der Waals surface area contributed by atoms with E-state index in [-0.39, 0.29) is 22.6 Å². The zero-order valence-electron chi connectivity index (χ0n) is 17.3. The Morgan fingerprint density at radius 2 is 1.78 bits per heavy atom. The molecule has 152 valence electrons. The van der Waals surface area contributed by atoms with Gasteiger partial charge in [-0.25, -0.2) is 8.42 Å². The molecule has 8 heteroatoms. The molecule has 1 aromatic carbocycles. The Bertz CT molecular complexity index is 783. The fourth-order valence-corrected chi connectivity index (χ4v) is 5.59. The molecule has 0 bridgehead atoms. The fourth-order valence-electron chi connectivity index (χ4n) is 2.78. The summed E-state index contributed by atoms with van der Waals surface area (Å²) >= 11 is 0. The maximum Gasteiger partial charge on any atom is 0.324 e. The summed E-state index contributed by atoms with van der Waals surface area (Å²) in [6.45, 7) is 12.8. The van der Waals surface area contributed by atoms with Crippen LogP contribution in [0.25, 0.3) is 0 Å². The van der Waals surface area contributed by atoms with E-state index in [0.717, 1.165) is 5.56 Å². The molecule has 0 aromatic heterocycles. The summed E-state index contributed by atoms with van der Waals surface area (Å²) in [5.74, 6) is -0.533. The van der Waals surface area contributed by atoms with Crippen LogP contribution >= 0.6 is 0 Å². The minimum absolute atomic E-state index is 0.0269. The molecule has 0 spiro atoms. The fraction of sp³-hybridized carbons (Fsp3) is 0.632. The van der Waals surface area contributed by atoms with Crippen LogP contribution in [0, 0.1) is 6.92 Å². The number of carbonyl (C=O) groups excluding carboxylic acids is 1. The van der Waals surface area contributed by atoms with Crippen LogP contribution in [-0.4, -0.2) is 52.8 Å². The van der Waals surface area contributed by atoms with Crippen LogP contribution in [0.2, 0.25) is 18.1 Å². The molecule has 2 rings (SSSR count). The SMILES string of the molecule is COC(=O)[C@@H]1C[C@@H](CO[Si](C)(C)C(C)(C)C)N1S(=O)(=O)c1ccc(C)cc1. The Morgan fingerprint density at radius 3 is 2.26 bits per heavy atom. The average Bonchev–Trinajstić information content (AvgIpc) is 2.52. The quantitative estimate of drug-likeness (QED) is 0.528. The van der Waals surface area contributed by atoms with Gasteiger partial charge in [0.2, 0.25) is 10.0 Å². The van der Waals surface area contributed by atoms with Crippen LogP contribution in [-0.2, 0) is 24.0 Å². The summed E-state index contributed by atoms with van der Waals surface area (Å²) in [4.78, 5) is 12.3. The van der Waals surface area contributed by atoms with Crippen molar-refractivity contribution in [1.29, 1.82) is 0 Å². The first-order chi connectivity index (χ1) is 12.3. The lowest BCUT2D eigenvalue weighted by Gasteiger charge is -2.47. The van der Waals surface area contributed by atoms with E-state index in [0.29, 0.717) is 6.42 Å². The molecule has 1 aromatic rings. The Labute approximate surface area is 164 Å². The van der Waals surface area contributed by atoms with Crippen molar-refractivity contribution in [1.82, 2.24) is 4.31 Å². The average molecular weight is 414 g/mol. The predicted molar refractivity (Wildman–Crippen MR) is 108 cm³/mol. The number of benzene rings is 1. The monoisotopic (exact) mass is 413 g/mol. The van der Waals surface area contributed by atoms with Gasteiger partial charge in [0.25, 0.3) is 0 Å². The third-order valence-corrected chi connectivity index (χ3v) is 12.2. The lowest BCUT2D eigenvalue weighted by atomic mass is 9.98. The zero-order valence-corrected chi connectivity index (χ0v) is 19.1. The van der Waals surface area contributed by atoms with E-state index in [1.165, 1.54) is 11.4 Å². The summed E-state index contributed by atoms with van der Waals surface area (Å²) in [5, 5.41) is 0.0269. The second kappa shape index (κ2) is 7.65. The summed E-state index contributed by atoms with van der Waals surface area (Å²) in [5.41, 5.74) is 0.972. The normalized spacial score (nSPS) is 21.6. The maximum atomic E-state index is 13.2. The van der Waals surface area contributed by atoms with Crippen molar-refractivity contribution in [2.75, 3.05) is 13.7 Å². The van der Waals surface area contributed by atoms with E-state index in [9.17, 15) is 13.2 Å². The molecule has 6 nitrogen and oxygen atoms in total. The van der Waals surface area contributed by atoms with Gasteiger partial charge in [-0.05, 0) is 43.6 Å². The van der Waals surface area contributed by atoms with Crippen LogP contribution in [0.5, 0.6) is 0 Å². The molecule has 1 aliphatic rings. The minimum atomic E-state index is -3.81. The number of ether oxygens (including phenoxy) is 1. The van der Waals surface area contributed by atoms with Crippen molar-refractivity contribution < 1.29 is 22.4 Å². The highest BCUT2D eigenvalue weighted by atomic mass is 32.2. The van der Waals surface area contributed by atoms with E-state index in [4.69, 9.17) is 9.16 Å². The Balaban J connectivity index is 2.26. The van der Waals surface area contributed by atoms with Gasteiger partial charge in [0.05, 0.1) is 24.7 Å². The third-order valence-electron chi connectivity index (χ3n) is 5.67. The molecule has 0 unspecified atom stereocenters. The molecule has 0 aliphatic carbocycles. The van der Waals surface area contributed by atoms with Gasteiger partial charge < -0.3 is 9.16 Å². The van der Waals surface area contributed by atoms with Gasteiger partial charge in [-0.3, -0.25) is 4.79 Å². The van der Waals surface area contributed by atoms with Crippen molar-refractivity contribution in [3.63, 3.8) is 0 Å². The Hall–Kier alpha value is -1.22. The largest absolute Gasteiger partial charge is 0.468 e. The minimum Gasteiger partial charge on any atom is -0.468 e. The van der Waals surface area contributed by atoms with Gasteiger partial charge in [0, 0.05) is 0 Å². The summed E-state index contributed by atoms with van der Waals surface area (Å²) in [6.07, 6.45) is 0.409. The number of rotatable bonds is 6. The molecule has 1 saturated heterocycles. The van der Waals surface area contributed by atoms with Crippen molar-refractivity contribution in [3.05, 3.63) is 29.8 Å². The molecular weight excluding hydrogens is 382 g/mol. The predicted octanol–water partition coefficient (Wildman–Crippen LogP) is 3.32. The van der Waals surface area contributed by atoms with Crippen molar-refractivity contribution in [2.45, 2.75) is 69.2 Å². The lowest BCUT2D eigenvalue weighted by molar-refractivity contribution is -0.151. The van der Waals surface area contributed by atoms with Crippen LogP contribution in [0.3, 0.4) is 0 Å². The van der Waals surface area contributed by atoms with Crippen molar-refractivity contribution in [3.8, 4) is 0 Å². The standard InChI is InChI=1S/C19H31NO5SSi/c1-14-8-10-16(11-9-14)26(22,23)20-15(12-17(20)18(21)24-5)13-25-27(6,7)19(2,3)4/h8-11,15,17H,12-13H2,1-7H3/t15-,17-/m0/s1. The second-order valence-corrected chi connectivity index (χ2v) is 15.3. The number of carbonyl (C=O) groups is 1. The highest BCUT2D eigenvalue weighted by Gasteiger charge is 2.51. The van der Waals surface area contributed by atoms with Gasteiger partial charge in [-0.2, -0.15) is 4.31 Å². The van der Waals surface area contributed by atoms with E-state index in [2.05, 4.69) is 33.9 Å². The highest BCUT2D eigenvalue weighted by Crippen LogP contribution is 2.39. The van der Waals surface area contributed by atoms with E-state index in [1.54, 1.807) is 24.3 Å². The topological polar surface area (TPSA) is 72.9 Å². The Morgan fingerprint density at radius 1 is 1.22 bits per heavy atom. The molecule has 0 N–H and O–H groups in total. The number of sulfonamides is 1. The summed E-state index contributed by atoms with van der Waals surface area (Å²) < 4.78 is 38.6. The zero-order chi connectivity index (χ0) is 20.6. The molecule has 1 aliphatic heterocycles. The molecule has 0 radical (unpaired) electrons. The summed E-state index contributed by atoms with van der Waals surface area (Å²) in [7, 11) is -4.55. The number of esters is 1. The number of methoxy groups -OCH3 is 1. The van der Waals surface area contributed by atoms with E-state index < -0.39 is 30.4 Å². The van der Waals surface area contributed by atoms with E-state index in [1.807, 2.05) is 6.92 Å². The second-order valence-electron chi connectivity index (χ2n) is 8.65. The molecule has 0 amide bonds. The number of hydrogen-bond acceptors (Lipinski definition) is 5. The third kappa shape index (κ3) is 4.44. The van der Waals surface area contributed by atoms with Crippen LogP contribution in [0.15, 0.2) is 29.2 Å². The van der Waals surface area contributed by atoms with Gasteiger partial charge in [0.1, 0.15) is 6.04 Å². The van der Waals surface area contributed by atoms with Gasteiger partial charge >= 0.3 is 5.97 Å². The van der Waals surface area contributed by atoms with Crippen LogP contribution < -0.4 is 0 Å². The first kappa shape index (κ1) is 22.1. The van der Waals surface area contributed by atoms with Crippen molar-refractivity contribution >= 4 is 24.3 Å². The van der Waals surface area contributed by atoms with Gasteiger partial charge in [0.15, 0.2) is 8.32 Å². The lowest BCUT2D eigenvalue weighted by Crippen LogP contribution is -2.64. The number of aryl methyl sites for hydroxylation is 1. The van der Waals surface area contributed by atoms with Gasteiger partial charge in [-0.15, -0.1) is 0 Å². The number of hydrogen-bond donors (Lipinski definition) is 0. The molecule has 1 heterocycles. The molecular formula is C19H31NO5SSi. The first-order valence-electron chi connectivity index (χ1n) is 9.13. The highest BCUT2D eigenvalue weighted by molar-refractivity contribution is 7.89. The summed E-state index contributed by atoms with van der Waals surface area (Å²) in [6, 6.07) is 5.48. The molecule has 2 atom stereocenters. The number of nitrogens with zero attached hydrogens (tertiary/aromatic N) is 1. The maximum absolute atomic E-state index is 13.2. The first-order valence-corrected chi connectivity index (χ1v) is 13.5. The van der Waals surface area contributed by atoms with Crippen molar-refractivity contribution in [2.24, 2.45) is 0 Å². The molecule has 27 heavy (non-hydrogen) atoms. The molecule has 0 saturated carbocycles.